The molecule has 2 saturated carbocycles. The number of anilines is 2. The van der Waals surface area contributed by atoms with Gasteiger partial charge in [0.05, 0.1) is 5.69 Å². The van der Waals surface area contributed by atoms with Crippen LogP contribution in [-0.2, 0) is 0 Å². The first kappa shape index (κ1) is 16.6. The highest BCUT2D eigenvalue weighted by Crippen LogP contribution is 2.40. The lowest BCUT2D eigenvalue weighted by atomic mass is 9.81. The predicted molar refractivity (Wildman–Crippen MR) is 102 cm³/mol. The molecule has 6 nitrogen and oxygen atoms in total. The first-order valence-corrected chi connectivity index (χ1v) is 9.84. The molecule has 6 heteroatoms. The molecule has 136 valence electrons. The first-order valence-electron chi connectivity index (χ1n) is 9.84. The summed E-state index contributed by atoms with van der Waals surface area (Å²) in [7, 11) is 0. The van der Waals surface area contributed by atoms with E-state index in [0.717, 1.165) is 49.5 Å². The van der Waals surface area contributed by atoms with Crippen molar-refractivity contribution in [2.75, 3.05) is 17.6 Å². The van der Waals surface area contributed by atoms with Crippen LogP contribution in [0.3, 0.4) is 0 Å². The molecule has 2 aliphatic carbocycles. The van der Waals surface area contributed by atoms with E-state index in [4.69, 9.17) is 11.5 Å². The van der Waals surface area contributed by atoms with Gasteiger partial charge in [-0.05, 0) is 50.4 Å². The Kier molecular flexibility index (Phi) is 4.79. The number of aromatic nitrogens is 3. The maximum absolute atomic E-state index is 6.39. The highest BCUT2D eigenvalue weighted by molar-refractivity contribution is 5.76. The van der Waals surface area contributed by atoms with E-state index >= 15 is 0 Å². The van der Waals surface area contributed by atoms with Gasteiger partial charge in [-0.2, -0.15) is 0 Å². The number of hydrogen-bond acceptors (Lipinski definition) is 5. The van der Waals surface area contributed by atoms with Crippen LogP contribution in [-0.4, -0.2) is 27.2 Å². The molecule has 2 fully saturated rings. The summed E-state index contributed by atoms with van der Waals surface area (Å²) in [4.78, 5) is 4.55. The zero-order valence-corrected chi connectivity index (χ0v) is 15.0. The van der Waals surface area contributed by atoms with Gasteiger partial charge in [-0.1, -0.05) is 19.3 Å². The third kappa shape index (κ3) is 3.45. The van der Waals surface area contributed by atoms with Gasteiger partial charge in [0.2, 0.25) is 0 Å². The molecule has 4 rings (SSSR count). The number of nitrogens with zero attached hydrogens (tertiary/aromatic N) is 3. The molecule has 0 radical (unpaired) electrons. The van der Waals surface area contributed by atoms with Gasteiger partial charge >= 0.3 is 0 Å². The maximum Gasteiger partial charge on any atom is 0.177 e. The zero-order valence-electron chi connectivity index (χ0n) is 15.0. The van der Waals surface area contributed by atoms with Crippen molar-refractivity contribution >= 4 is 17.2 Å². The van der Waals surface area contributed by atoms with Crippen molar-refractivity contribution in [3.63, 3.8) is 0 Å². The molecule has 25 heavy (non-hydrogen) atoms. The van der Waals surface area contributed by atoms with Gasteiger partial charge in [0.25, 0.3) is 0 Å². The Morgan fingerprint density at radius 1 is 1.08 bits per heavy atom. The second-order valence-corrected chi connectivity index (χ2v) is 7.87. The number of hydrogen-bond donors (Lipinski definition) is 3. The largest absolute Gasteiger partial charge is 0.382 e. The van der Waals surface area contributed by atoms with Gasteiger partial charge < -0.3 is 16.8 Å². The van der Waals surface area contributed by atoms with E-state index in [-0.39, 0.29) is 0 Å². The molecule has 2 aromatic heterocycles. The number of nitrogen functional groups attached to an aromatic ring is 1. The molecule has 0 amide bonds. The number of fused-ring (bicyclic) bond motifs is 1. The zero-order chi connectivity index (χ0) is 17.2. The lowest BCUT2D eigenvalue weighted by Gasteiger charge is -2.29. The van der Waals surface area contributed by atoms with E-state index in [0.29, 0.717) is 17.8 Å². The summed E-state index contributed by atoms with van der Waals surface area (Å²) in [5.74, 6) is 1.82. The lowest BCUT2D eigenvalue weighted by molar-refractivity contribution is 0.372. The third-order valence-corrected chi connectivity index (χ3v) is 6.08. The van der Waals surface area contributed by atoms with Crippen LogP contribution in [0.2, 0.25) is 0 Å². The van der Waals surface area contributed by atoms with Crippen LogP contribution in [0, 0.1) is 5.92 Å². The highest BCUT2D eigenvalue weighted by Gasteiger charge is 2.27. The van der Waals surface area contributed by atoms with E-state index in [1.54, 1.807) is 10.7 Å². The van der Waals surface area contributed by atoms with Crippen LogP contribution in [0.5, 0.6) is 0 Å². The summed E-state index contributed by atoms with van der Waals surface area (Å²) in [5, 5.41) is 8.27. The Bertz CT molecular complexity index is 710. The second-order valence-electron chi connectivity index (χ2n) is 7.87. The fraction of sp³-hybridized carbons (Fsp3) is 0.684. The molecule has 0 aliphatic heterocycles. The minimum Gasteiger partial charge on any atom is -0.382 e. The number of imidazole rings is 1. The van der Waals surface area contributed by atoms with Gasteiger partial charge in [-0.3, -0.25) is 0 Å². The fourth-order valence-corrected chi connectivity index (χ4v) is 4.61. The second kappa shape index (κ2) is 7.20. The summed E-state index contributed by atoms with van der Waals surface area (Å²) in [6.07, 6.45) is 14.7. The molecule has 0 aromatic carbocycles. The van der Waals surface area contributed by atoms with Gasteiger partial charge in [-0.15, -0.1) is 5.10 Å². The number of rotatable bonds is 4. The number of nitrogens with one attached hydrogen (secondary N) is 1. The Balaban J connectivity index is 1.64. The fourth-order valence-electron chi connectivity index (χ4n) is 4.61. The predicted octanol–water partition coefficient (Wildman–Crippen LogP) is 3.29. The molecule has 0 saturated heterocycles. The quantitative estimate of drug-likeness (QED) is 0.792. The topological polar surface area (TPSA) is 94.3 Å². The van der Waals surface area contributed by atoms with Crippen molar-refractivity contribution in [2.24, 2.45) is 11.7 Å². The summed E-state index contributed by atoms with van der Waals surface area (Å²) < 4.78 is 1.80. The standard InChI is InChI=1S/C19H30N6/c20-15-8-6-14(7-9-15)16-17(23-12-13-4-2-1-3-5-13)19-22-10-11-25(19)24-18(16)21/h10-11,13-15,23H,1-9,12,20H2,(H2,21,24)/t14-,15-. The van der Waals surface area contributed by atoms with Crippen molar-refractivity contribution in [3.8, 4) is 0 Å². The van der Waals surface area contributed by atoms with Crippen molar-refractivity contribution in [3.05, 3.63) is 18.0 Å². The molecular formula is C19H30N6. The van der Waals surface area contributed by atoms with E-state index in [1.807, 2.05) is 6.20 Å². The average molecular weight is 342 g/mol. The summed E-state index contributed by atoms with van der Waals surface area (Å²) in [6, 6.07) is 0.333. The third-order valence-electron chi connectivity index (χ3n) is 6.08. The van der Waals surface area contributed by atoms with Crippen LogP contribution in [0.25, 0.3) is 5.65 Å². The number of nitrogens with two attached hydrogens (primary N) is 2. The van der Waals surface area contributed by atoms with Crippen LogP contribution in [0.15, 0.2) is 12.4 Å². The Morgan fingerprint density at radius 3 is 2.60 bits per heavy atom. The monoisotopic (exact) mass is 342 g/mol. The molecule has 2 heterocycles. The van der Waals surface area contributed by atoms with Gasteiger partial charge in [0.1, 0.15) is 5.82 Å². The van der Waals surface area contributed by atoms with Gasteiger partial charge in [0, 0.05) is 30.5 Å². The molecular weight excluding hydrogens is 312 g/mol. The van der Waals surface area contributed by atoms with Crippen LogP contribution in [0.1, 0.15) is 69.3 Å². The Labute approximate surface area is 149 Å². The molecule has 2 aliphatic rings. The van der Waals surface area contributed by atoms with Crippen molar-refractivity contribution in [1.82, 2.24) is 14.6 Å². The normalized spacial score (nSPS) is 25.3. The van der Waals surface area contributed by atoms with E-state index in [1.165, 1.54) is 37.7 Å². The van der Waals surface area contributed by atoms with Crippen molar-refractivity contribution < 1.29 is 0 Å². The molecule has 2 aromatic rings. The highest BCUT2D eigenvalue weighted by atomic mass is 15.3. The summed E-state index contributed by atoms with van der Waals surface area (Å²) in [6.45, 7) is 1.01. The molecule has 0 spiro atoms. The van der Waals surface area contributed by atoms with Crippen LogP contribution in [0.4, 0.5) is 11.5 Å². The minimum atomic E-state index is 0.333. The molecule has 0 bridgehead atoms. The maximum atomic E-state index is 6.39. The Hall–Kier alpha value is -1.82. The van der Waals surface area contributed by atoms with E-state index in [2.05, 4.69) is 15.4 Å². The summed E-state index contributed by atoms with van der Waals surface area (Å²) >= 11 is 0. The van der Waals surface area contributed by atoms with Crippen molar-refractivity contribution in [1.29, 1.82) is 0 Å². The lowest BCUT2D eigenvalue weighted by Crippen LogP contribution is -2.27. The smallest absolute Gasteiger partial charge is 0.177 e. The first-order chi connectivity index (χ1) is 12.2. The van der Waals surface area contributed by atoms with Crippen LogP contribution < -0.4 is 16.8 Å². The average Bonchev–Trinajstić information content (AvgIpc) is 3.09. The van der Waals surface area contributed by atoms with Crippen LogP contribution >= 0.6 is 0 Å². The minimum absolute atomic E-state index is 0.333. The van der Waals surface area contributed by atoms with Gasteiger partial charge in [0.15, 0.2) is 5.65 Å². The summed E-state index contributed by atoms with van der Waals surface area (Å²) in [5.41, 5.74) is 15.7. The van der Waals surface area contributed by atoms with E-state index < -0.39 is 0 Å². The molecule has 0 atom stereocenters. The molecule has 5 N–H and O–H groups in total. The van der Waals surface area contributed by atoms with Crippen molar-refractivity contribution in [2.45, 2.75) is 69.7 Å². The van der Waals surface area contributed by atoms with Gasteiger partial charge in [-0.25, -0.2) is 9.50 Å². The Morgan fingerprint density at radius 2 is 1.84 bits per heavy atom. The van der Waals surface area contributed by atoms with E-state index in [9.17, 15) is 0 Å². The molecule has 0 unspecified atom stereocenters. The SMILES string of the molecule is Nc1nn2ccnc2c(NCC2CCCCC2)c1[C@H]1CC[C@H](N)CC1.